The molecule has 33 heavy (non-hydrogen) atoms. The normalized spacial score (nSPS) is 28.9. The van der Waals surface area contributed by atoms with Crippen molar-refractivity contribution >= 4 is 17.4 Å². The maximum absolute atomic E-state index is 13.5. The Morgan fingerprint density at radius 2 is 2.09 bits per heavy atom. The molecular formula is C24H29N7O2. The number of aromatic nitrogens is 4. The number of aliphatic hydroxyl groups is 1. The smallest absolute Gasteiger partial charge is 0.273 e. The molecule has 1 saturated carbocycles. The van der Waals surface area contributed by atoms with Crippen LogP contribution in [0.1, 0.15) is 46.7 Å². The van der Waals surface area contributed by atoms with Crippen molar-refractivity contribution in [2.45, 2.75) is 50.8 Å². The van der Waals surface area contributed by atoms with E-state index in [2.05, 4.69) is 4.98 Å². The molecule has 3 aliphatic rings. The number of rotatable bonds is 3. The van der Waals surface area contributed by atoms with E-state index in [9.17, 15) is 9.90 Å². The Balaban J connectivity index is 1.37. The van der Waals surface area contributed by atoms with Crippen LogP contribution >= 0.6 is 0 Å². The number of piperidine rings is 1. The number of pyridine rings is 1. The maximum atomic E-state index is 13.5. The molecule has 1 unspecified atom stereocenters. The molecule has 0 spiro atoms. The molecule has 3 fully saturated rings. The minimum absolute atomic E-state index is 0.0252. The molecule has 1 amide bonds. The standard InChI is InChI=1S/C24H29N7O2/c1-14-11-31-21(27-22(14)29-12-17(25)19(32)13-29)9-20(28-31)24-10-16(24)6-4-8-30(24)23(33)18-7-3-5-15(2)26-18/h3,5,7,9,11,16-17,19,32H,4,6,8,10,12-13,25H2,1-2H3/t16-,17+,19-,24?/m0/s1. The van der Waals surface area contributed by atoms with Gasteiger partial charge in [0.1, 0.15) is 11.5 Å². The van der Waals surface area contributed by atoms with Gasteiger partial charge >= 0.3 is 0 Å². The largest absolute Gasteiger partial charge is 0.390 e. The highest BCUT2D eigenvalue weighted by molar-refractivity contribution is 5.93. The number of amides is 1. The molecule has 4 atom stereocenters. The summed E-state index contributed by atoms with van der Waals surface area (Å²) in [6.07, 6.45) is 4.44. The van der Waals surface area contributed by atoms with Gasteiger partial charge in [-0.15, -0.1) is 0 Å². The Hall–Kier alpha value is -3.04. The topological polar surface area (TPSA) is 113 Å². The van der Waals surface area contributed by atoms with Crippen LogP contribution in [0.5, 0.6) is 0 Å². The summed E-state index contributed by atoms with van der Waals surface area (Å²) in [6.45, 7) is 5.66. The predicted octanol–water partition coefficient (Wildman–Crippen LogP) is 1.40. The molecule has 172 valence electrons. The van der Waals surface area contributed by atoms with Gasteiger partial charge in [-0.3, -0.25) is 4.79 Å². The fourth-order valence-corrected chi connectivity index (χ4v) is 5.74. The first-order valence-electron chi connectivity index (χ1n) is 11.7. The number of anilines is 1. The first-order chi connectivity index (χ1) is 15.9. The van der Waals surface area contributed by atoms with Crippen LogP contribution in [0.4, 0.5) is 5.82 Å². The Bertz CT molecular complexity index is 1250. The lowest BCUT2D eigenvalue weighted by molar-refractivity contribution is 0.0553. The first kappa shape index (κ1) is 20.6. The van der Waals surface area contributed by atoms with E-state index >= 15 is 0 Å². The molecule has 2 aliphatic heterocycles. The highest BCUT2D eigenvalue weighted by Gasteiger charge is 2.63. The van der Waals surface area contributed by atoms with E-state index in [1.165, 1.54) is 0 Å². The molecule has 3 aromatic rings. The average molecular weight is 448 g/mol. The highest BCUT2D eigenvalue weighted by Crippen LogP contribution is 2.61. The number of β-amino-alcohol motifs (C(OH)–C–C–N with tert-alkyl or cyclic N) is 1. The molecule has 0 radical (unpaired) electrons. The number of nitrogens with two attached hydrogens (primary N) is 1. The van der Waals surface area contributed by atoms with Gasteiger partial charge in [0.2, 0.25) is 0 Å². The minimum Gasteiger partial charge on any atom is -0.390 e. The second-order valence-electron chi connectivity index (χ2n) is 9.80. The van der Waals surface area contributed by atoms with Crippen LogP contribution in [-0.2, 0) is 5.54 Å². The van der Waals surface area contributed by atoms with Crippen LogP contribution in [0.25, 0.3) is 5.65 Å². The summed E-state index contributed by atoms with van der Waals surface area (Å²) >= 11 is 0. The molecule has 1 aliphatic carbocycles. The second kappa shape index (κ2) is 7.23. The molecule has 6 rings (SSSR count). The molecule has 9 heteroatoms. The third kappa shape index (κ3) is 3.13. The van der Waals surface area contributed by atoms with E-state index in [0.29, 0.717) is 31.2 Å². The van der Waals surface area contributed by atoms with E-state index in [1.54, 1.807) is 6.07 Å². The third-order valence-electron chi connectivity index (χ3n) is 7.52. The van der Waals surface area contributed by atoms with Crippen molar-refractivity contribution in [3.8, 4) is 0 Å². The molecule has 9 nitrogen and oxygen atoms in total. The zero-order chi connectivity index (χ0) is 22.9. The van der Waals surface area contributed by atoms with Crippen LogP contribution in [-0.4, -0.2) is 67.3 Å². The van der Waals surface area contributed by atoms with Crippen molar-refractivity contribution in [2.75, 3.05) is 24.5 Å². The van der Waals surface area contributed by atoms with Gasteiger partial charge in [-0.1, -0.05) is 6.07 Å². The van der Waals surface area contributed by atoms with Crippen molar-refractivity contribution in [3.63, 3.8) is 0 Å². The molecular weight excluding hydrogens is 418 g/mol. The van der Waals surface area contributed by atoms with Gasteiger partial charge in [-0.25, -0.2) is 14.5 Å². The van der Waals surface area contributed by atoms with E-state index in [-0.39, 0.29) is 17.5 Å². The second-order valence-corrected chi connectivity index (χ2v) is 9.80. The lowest BCUT2D eigenvalue weighted by atomic mass is 9.98. The number of hydrogen-bond acceptors (Lipinski definition) is 7. The lowest BCUT2D eigenvalue weighted by Gasteiger charge is -2.35. The molecule has 0 bridgehead atoms. The van der Waals surface area contributed by atoms with Crippen molar-refractivity contribution in [3.05, 3.63) is 53.1 Å². The molecule has 3 aromatic heterocycles. The Morgan fingerprint density at radius 1 is 1.24 bits per heavy atom. The summed E-state index contributed by atoms with van der Waals surface area (Å²) < 4.78 is 1.81. The summed E-state index contributed by atoms with van der Waals surface area (Å²) in [5, 5.41) is 15.0. The van der Waals surface area contributed by atoms with Crippen molar-refractivity contribution < 1.29 is 9.90 Å². The Morgan fingerprint density at radius 3 is 2.85 bits per heavy atom. The first-order valence-corrected chi connectivity index (χ1v) is 11.7. The fourth-order valence-electron chi connectivity index (χ4n) is 5.74. The van der Waals surface area contributed by atoms with E-state index in [0.717, 1.165) is 47.7 Å². The van der Waals surface area contributed by atoms with Gasteiger partial charge in [0.15, 0.2) is 5.65 Å². The quantitative estimate of drug-likeness (QED) is 0.624. The number of nitrogens with zero attached hydrogens (tertiary/aromatic N) is 6. The number of aliphatic hydroxyl groups excluding tert-OH is 1. The number of aryl methyl sites for hydroxylation is 2. The zero-order valence-electron chi connectivity index (χ0n) is 19.0. The van der Waals surface area contributed by atoms with Crippen molar-refractivity contribution in [1.82, 2.24) is 24.5 Å². The number of hydrogen-bond donors (Lipinski definition) is 2. The van der Waals surface area contributed by atoms with Crippen molar-refractivity contribution in [2.24, 2.45) is 11.7 Å². The van der Waals surface area contributed by atoms with Crippen LogP contribution in [0.15, 0.2) is 30.5 Å². The van der Waals surface area contributed by atoms with Crippen LogP contribution in [0.2, 0.25) is 0 Å². The number of carbonyl (C=O) groups excluding carboxylic acids is 1. The van der Waals surface area contributed by atoms with Gasteiger partial charge in [0.25, 0.3) is 5.91 Å². The number of fused-ring (bicyclic) bond motifs is 2. The summed E-state index contributed by atoms with van der Waals surface area (Å²) in [5.74, 6) is 1.21. The van der Waals surface area contributed by atoms with E-state index in [1.807, 2.05) is 52.6 Å². The molecule has 5 heterocycles. The summed E-state index contributed by atoms with van der Waals surface area (Å²) in [5.41, 5.74) is 9.58. The monoisotopic (exact) mass is 447 g/mol. The van der Waals surface area contributed by atoms with Gasteiger partial charge in [-0.05, 0) is 51.2 Å². The van der Waals surface area contributed by atoms with Crippen molar-refractivity contribution in [1.29, 1.82) is 0 Å². The summed E-state index contributed by atoms with van der Waals surface area (Å²) in [7, 11) is 0. The Kier molecular flexibility index (Phi) is 4.50. The minimum atomic E-state index is -0.550. The van der Waals surface area contributed by atoms with E-state index < -0.39 is 6.10 Å². The zero-order valence-corrected chi connectivity index (χ0v) is 19.0. The Labute approximate surface area is 192 Å². The van der Waals surface area contributed by atoms with Crippen LogP contribution in [0, 0.1) is 19.8 Å². The fraction of sp³-hybridized carbons (Fsp3) is 0.500. The van der Waals surface area contributed by atoms with Gasteiger partial charge in [-0.2, -0.15) is 5.10 Å². The van der Waals surface area contributed by atoms with Gasteiger partial charge in [0, 0.05) is 49.2 Å². The predicted molar refractivity (Wildman–Crippen MR) is 123 cm³/mol. The lowest BCUT2D eigenvalue weighted by Crippen LogP contribution is -2.45. The average Bonchev–Trinajstić information content (AvgIpc) is 3.27. The SMILES string of the molecule is Cc1cccc(C(=O)N2CCC[C@H]3CC32c2cc3nc(N4C[C@@H](N)[C@@H](O)C4)c(C)cn3n2)n1. The maximum Gasteiger partial charge on any atom is 0.273 e. The van der Waals surface area contributed by atoms with Gasteiger partial charge < -0.3 is 20.6 Å². The molecule has 3 N–H and O–H groups in total. The summed E-state index contributed by atoms with van der Waals surface area (Å²) in [6, 6.07) is 7.33. The van der Waals surface area contributed by atoms with Crippen LogP contribution < -0.4 is 10.6 Å². The number of carbonyl (C=O) groups is 1. The van der Waals surface area contributed by atoms with E-state index in [4.69, 9.17) is 15.8 Å². The highest BCUT2D eigenvalue weighted by atomic mass is 16.3. The molecule has 0 aromatic carbocycles. The van der Waals surface area contributed by atoms with Crippen LogP contribution in [0.3, 0.4) is 0 Å². The number of likely N-dealkylation sites (tertiary alicyclic amines) is 1. The third-order valence-corrected chi connectivity index (χ3v) is 7.52. The van der Waals surface area contributed by atoms with Gasteiger partial charge in [0.05, 0.1) is 17.3 Å². The summed E-state index contributed by atoms with van der Waals surface area (Å²) in [4.78, 5) is 26.9. The molecule has 2 saturated heterocycles.